The fourth-order valence-corrected chi connectivity index (χ4v) is 2.07. The average Bonchev–Trinajstić information content (AvgIpc) is 2.25. The molecule has 1 fully saturated rings. The Hall–Kier alpha value is -0.930. The first-order valence-electron chi connectivity index (χ1n) is 5.60. The standard InChI is InChI=1S/C12H19N3/c1-10-7-14-8-11(2)12(10)9-15-5-3-13-4-6-15/h7-8,13H,3-6,9H2,1-2H3. The van der Waals surface area contributed by atoms with E-state index >= 15 is 0 Å². The molecule has 2 rings (SSSR count). The fourth-order valence-electron chi connectivity index (χ4n) is 2.07. The molecule has 3 heteroatoms. The Morgan fingerprint density at radius 2 is 1.80 bits per heavy atom. The molecule has 82 valence electrons. The normalized spacial score (nSPS) is 18.0. The zero-order valence-electron chi connectivity index (χ0n) is 9.58. The van der Waals surface area contributed by atoms with Crippen LogP contribution in [0.2, 0.25) is 0 Å². The van der Waals surface area contributed by atoms with Gasteiger partial charge in [-0.3, -0.25) is 9.88 Å². The van der Waals surface area contributed by atoms with Crippen molar-refractivity contribution < 1.29 is 0 Å². The number of rotatable bonds is 2. The third kappa shape index (κ3) is 2.55. The summed E-state index contributed by atoms with van der Waals surface area (Å²) in [6.45, 7) is 9.91. The van der Waals surface area contributed by atoms with Gasteiger partial charge >= 0.3 is 0 Å². The van der Waals surface area contributed by atoms with Crippen molar-refractivity contribution in [2.24, 2.45) is 0 Å². The summed E-state index contributed by atoms with van der Waals surface area (Å²) in [6.07, 6.45) is 3.93. The Bertz CT molecular complexity index is 309. The minimum atomic E-state index is 1.07. The van der Waals surface area contributed by atoms with Crippen molar-refractivity contribution in [1.82, 2.24) is 15.2 Å². The molecular formula is C12H19N3. The van der Waals surface area contributed by atoms with E-state index in [2.05, 4.69) is 29.0 Å². The van der Waals surface area contributed by atoms with E-state index in [1.54, 1.807) is 0 Å². The van der Waals surface area contributed by atoms with Crippen LogP contribution in [0, 0.1) is 13.8 Å². The van der Waals surface area contributed by atoms with Crippen LogP contribution in [0.25, 0.3) is 0 Å². The van der Waals surface area contributed by atoms with Gasteiger partial charge in [-0.25, -0.2) is 0 Å². The lowest BCUT2D eigenvalue weighted by Gasteiger charge is -2.28. The van der Waals surface area contributed by atoms with Crippen molar-refractivity contribution in [3.05, 3.63) is 29.1 Å². The highest BCUT2D eigenvalue weighted by Crippen LogP contribution is 2.14. The Labute approximate surface area is 91.5 Å². The zero-order chi connectivity index (χ0) is 10.7. The Morgan fingerprint density at radius 1 is 1.20 bits per heavy atom. The van der Waals surface area contributed by atoms with E-state index in [4.69, 9.17) is 0 Å². The number of piperazine rings is 1. The SMILES string of the molecule is Cc1cncc(C)c1CN1CCNCC1. The molecule has 1 aliphatic rings. The van der Waals surface area contributed by atoms with Crippen molar-refractivity contribution in [1.29, 1.82) is 0 Å². The van der Waals surface area contributed by atoms with E-state index < -0.39 is 0 Å². The monoisotopic (exact) mass is 205 g/mol. The largest absolute Gasteiger partial charge is 0.314 e. The molecule has 1 N–H and O–H groups in total. The maximum absolute atomic E-state index is 4.21. The van der Waals surface area contributed by atoms with Crippen LogP contribution in [-0.2, 0) is 6.54 Å². The number of hydrogen-bond donors (Lipinski definition) is 1. The molecule has 0 radical (unpaired) electrons. The summed E-state index contributed by atoms with van der Waals surface area (Å²) in [5.41, 5.74) is 4.08. The minimum Gasteiger partial charge on any atom is -0.314 e. The number of aryl methyl sites for hydroxylation is 2. The second-order valence-corrected chi connectivity index (χ2v) is 4.28. The lowest BCUT2D eigenvalue weighted by molar-refractivity contribution is 0.232. The second kappa shape index (κ2) is 4.73. The van der Waals surface area contributed by atoms with E-state index in [1.807, 2.05) is 12.4 Å². The second-order valence-electron chi connectivity index (χ2n) is 4.28. The highest BCUT2D eigenvalue weighted by atomic mass is 15.2. The highest BCUT2D eigenvalue weighted by molar-refractivity contribution is 5.29. The van der Waals surface area contributed by atoms with Crippen molar-refractivity contribution in [2.45, 2.75) is 20.4 Å². The van der Waals surface area contributed by atoms with Gasteiger partial charge in [-0.1, -0.05) is 0 Å². The van der Waals surface area contributed by atoms with Gasteiger partial charge < -0.3 is 5.32 Å². The van der Waals surface area contributed by atoms with Crippen LogP contribution in [0.15, 0.2) is 12.4 Å². The van der Waals surface area contributed by atoms with E-state index in [0.717, 1.165) is 32.7 Å². The van der Waals surface area contributed by atoms with Crippen LogP contribution >= 0.6 is 0 Å². The molecule has 1 aliphatic heterocycles. The number of hydrogen-bond acceptors (Lipinski definition) is 3. The summed E-state index contributed by atoms with van der Waals surface area (Å²) in [7, 11) is 0. The van der Waals surface area contributed by atoms with Crippen LogP contribution in [0.4, 0.5) is 0 Å². The molecular weight excluding hydrogens is 186 g/mol. The number of nitrogens with one attached hydrogen (secondary N) is 1. The predicted molar refractivity (Wildman–Crippen MR) is 61.9 cm³/mol. The average molecular weight is 205 g/mol. The number of nitrogens with zero attached hydrogens (tertiary/aromatic N) is 2. The Kier molecular flexibility index (Phi) is 3.34. The molecule has 15 heavy (non-hydrogen) atoms. The van der Waals surface area contributed by atoms with Gasteiger partial charge in [0.25, 0.3) is 0 Å². The van der Waals surface area contributed by atoms with Gasteiger partial charge in [0.1, 0.15) is 0 Å². The molecule has 0 amide bonds. The molecule has 1 aromatic heterocycles. The van der Waals surface area contributed by atoms with Crippen LogP contribution in [-0.4, -0.2) is 36.1 Å². The maximum atomic E-state index is 4.21. The molecule has 0 atom stereocenters. The summed E-state index contributed by atoms with van der Waals surface area (Å²) in [5.74, 6) is 0. The van der Waals surface area contributed by atoms with E-state index in [0.29, 0.717) is 0 Å². The molecule has 0 bridgehead atoms. The van der Waals surface area contributed by atoms with Crippen molar-refractivity contribution in [2.75, 3.05) is 26.2 Å². The molecule has 0 spiro atoms. The Balaban J connectivity index is 2.09. The summed E-state index contributed by atoms with van der Waals surface area (Å²) in [4.78, 5) is 6.71. The van der Waals surface area contributed by atoms with Crippen LogP contribution in [0.3, 0.4) is 0 Å². The first kappa shape index (κ1) is 10.6. The van der Waals surface area contributed by atoms with E-state index in [9.17, 15) is 0 Å². The van der Waals surface area contributed by atoms with Crippen LogP contribution in [0.1, 0.15) is 16.7 Å². The van der Waals surface area contributed by atoms with Gasteiger partial charge in [0, 0.05) is 45.1 Å². The smallest absolute Gasteiger partial charge is 0.0300 e. The van der Waals surface area contributed by atoms with Crippen molar-refractivity contribution in [3.63, 3.8) is 0 Å². The molecule has 3 nitrogen and oxygen atoms in total. The van der Waals surface area contributed by atoms with Gasteiger partial charge in [-0.05, 0) is 30.5 Å². The third-order valence-electron chi connectivity index (χ3n) is 3.08. The van der Waals surface area contributed by atoms with Gasteiger partial charge in [-0.2, -0.15) is 0 Å². The van der Waals surface area contributed by atoms with Crippen LogP contribution in [0.5, 0.6) is 0 Å². The predicted octanol–water partition coefficient (Wildman–Crippen LogP) is 1.10. The number of aromatic nitrogens is 1. The van der Waals surface area contributed by atoms with Crippen LogP contribution < -0.4 is 5.32 Å². The van der Waals surface area contributed by atoms with Crippen molar-refractivity contribution in [3.8, 4) is 0 Å². The molecule has 1 saturated heterocycles. The Morgan fingerprint density at radius 3 is 2.40 bits per heavy atom. The van der Waals surface area contributed by atoms with Gasteiger partial charge in [-0.15, -0.1) is 0 Å². The van der Waals surface area contributed by atoms with Crippen molar-refractivity contribution >= 4 is 0 Å². The number of pyridine rings is 1. The van der Waals surface area contributed by atoms with E-state index in [1.165, 1.54) is 16.7 Å². The summed E-state index contributed by atoms with van der Waals surface area (Å²) in [6, 6.07) is 0. The van der Waals surface area contributed by atoms with Gasteiger partial charge in [0.15, 0.2) is 0 Å². The highest BCUT2D eigenvalue weighted by Gasteiger charge is 2.12. The molecule has 0 aromatic carbocycles. The first-order chi connectivity index (χ1) is 7.27. The lowest BCUT2D eigenvalue weighted by Crippen LogP contribution is -2.43. The maximum Gasteiger partial charge on any atom is 0.0300 e. The molecule has 0 aliphatic carbocycles. The molecule has 0 unspecified atom stereocenters. The van der Waals surface area contributed by atoms with Gasteiger partial charge in [0.2, 0.25) is 0 Å². The topological polar surface area (TPSA) is 28.2 Å². The molecule has 0 saturated carbocycles. The molecule has 1 aromatic rings. The summed E-state index contributed by atoms with van der Waals surface area (Å²) in [5, 5.41) is 3.38. The summed E-state index contributed by atoms with van der Waals surface area (Å²) < 4.78 is 0. The minimum absolute atomic E-state index is 1.07. The first-order valence-corrected chi connectivity index (χ1v) is 5.60. The summed E-state index contributed by atoms with van der Waals surface area (Å²) >= 11 is 0. The van der Waals surface area contributed by atoms with E-state index in [-0.39, 0.29) is 0 Å². The zero-order valence-corrected chi connectivity index (χ0v) is 9.58. The third-order valence-corrected chi connectivity index (χ3v) is 3.08. The fraction of sp³-hybridized carbons (Fsp3) is 0.583. The molecule has 2 heterocycles. The quantitative estimate of drug-likeness (QED) is 0.784. The lowest BCUT2D eigenvalue weighted by atomic mass is 10.1. The van der Waals surface area contributed by atoms with Gasteiger partial charge in [0.05, 0.1) is 0 Å².